The van der Waals surface area contributed by atoms with Gasteiger partial charge in [0.25, 0.3) is 0 Å². The van der Waals surface area contributed by atoms with E-state index in [1.54, 1.807) is 6.92 Å². The molecule has 0 saturated heterocycles. The maximum absolute atomic E-state index is 13.0. The normalized spacial score (nSPS) is 13.6. The molecule has 0 bridgehead atoms. The number of amides is 1. The van der Waals surface area contributed by atoms with Gasteiger partial charge in [-0.2, -0.15) is 0 Å². The number of ether oxygens (including phenoxy) is 1. The molecule has 1 amide bonds. The van der Waals surface area contributed by atoms with Gasteiger partial charge in [-0.25, -0.2) is 4.79 Å². The Labute approximate surface area is 205 Å². The molecule has 9 heteroatoms. The third-order valence-electron chi connectivity index (χ3n) is 6.02. The number of benzene rings is 1. The maximum Gasteiger partial charge on any atom is 0.341 e. The highest BCUT2D eigenvalue weighted by Gasteiger charge is 2.26. The number of fused-ring (bicyclic) bond motifs is 4. The van der Waals surface area contributed by atoms with E-state index < -0.39 is 0 Å². The highest BCUT2D eigenvalue weighted by molar-refractivity contribution is 7.99. The average molecular weight is 495 g/mol. The Bertz CT molecular complexity index is 1390. The summed E-state index contributed by atoms with van der Waals surface area (Å²) < 4.78 is 7.32. The third kappa shape index (κ3) is 4.30. The zero-order valence-electron chi connectivity index (χ0n) is 19.2. The van der Waals surface area contributed by atoms with Crippen LogP contribution in [0.3, 0.4) is 0 Å². The molecule has 4 aromatic rings. The van der Waals surface area contributed by atoms with Crippen LogP contribution in [0.1, 0.15) is 52.5 Å². The van der Waals surface area contributed by atoms with E-state index in [1.165, 1.54) is 28.0 Å². The van der Waals surface area contributed by atoms with Crippen LogP contribution in [0.15, 0.2) is 35.5 Å². The van der Waals surface area contributed by atoms with Crippen LogP contribution in [0.2, 0.25) is 0 Å². The first-order valence-electron chi connectivity index (χ1n) is 11.5. The fourth-order valence-corrected chi connectivity index (χ4v) is 6.53. The number of nitrogens with zero attached hydrogens (tertiary/aromatic N) is 3. The average Bonchev–Trinajstić information content (AvgIpc) is 3.32. The number of carbonyl (C=O) groups is 2. The maximum atomic E-state index is 13.0. The van der Waals surface area contributed by atoms with Crippen LogP contribution < -0.4 is 5.32 Å². The van der Waals surface area contributed by atoms with Crippen molar-refractivity contribution in [3.05, 3.63) is 51.9 Å². The number of aryl methyl sites for hydroxylation is 2. The second kappa shape index (κ2) is 9.76. The Hall–Kier alpha value is -2.91. The Balaban J connectivity index is 1.39. The molecule has 1 aliphatic carbocycles. The smallest absolute Gasteiger partial charge is 0.341 e. The van der Waals surface area contributed by atoms with Crippen molar-refractivity contribution in [2.45, 2.75) is 51.1 Å². The minimum absolute atomic E-state index is 0.161. The molecule has 0 spiro atoms. The van der Waals surface area contributed by atoms with Gasteiger partial charge in [0.1, 0.15) is 5.00 Å². The Morgan fingerprint density at radius 3 is 2.85 bits per heavy atom. The summed E-state index contributed by atoms with van der Waals surface area (Å²) in [7, 11) is 0. The van der Waals surface area contributed by atoms with Crippen molar-refractivity contribution in [2.75, 3.05) is 17.7 Å². The summed E-state index contributed by atoms with van der Waals surface area (Å²) >= 11 is 2.85. The number of thioether (sulfide) groups is 1. The molecular weight excluding hydrogens is 468 g/mol. The lowest BCUT2D eigenvalue weighted by atomic mass is 10.1. The molecule has 5 rings (SSSR count). The third-order valence-corrected chi connectivity index (χ3v) is 8.16. The first-order chi connectivity index (χ1) is 16.6. The van der Waals surface area contributed by atoms with Gasteiger partial charge in [-0.05, 0) is 68.2 Å². The number of hydrogen-bond donors (Lipinski definition) is 1. The quantitative estimate of drug-likeness (QED) is 0.219. The van der Waals surface area contributed by atoms with Crippen LogP contribution in [0, 0.1) is 6.92 Å². The molecule has 0 radical (unpaired) electrons. The van der Waals surface area contributed by atoms with E-state index in [9.17, 15) is 9.59 Å². The minimum Gasteiger partial charge on any atom is -0.462 e. The number of pyridine rings is 1. The number of nitrogens with one attached hydrogen (secondary N) is 1. The lowest BCUT2D eigenvalue weighted by molar-refractivity contribution is -0.113. The topological polar surface area (TPSA) is 85.6 Å². The van der Waals surface area contributed by atoms with E-state index in [2.05, 4.69) is 27.6 Å². The van der Waals surface area contributed by atoms with Crippen LogP contribution in [-0.2, 0) is 22.4 Å². The SMILES string of the molecule is CCOC(=O)c1c(NC(=O)CSc2nnc3c(C)cc4ccccc4n23)sc2c1CCCCC2. The van der Waals surface area contributed by atoms with Crippen LogP contribution in [0.4, 0.5) is 5.00 Å². The molecule has 0 atom stereocenters. The largest absolute Gasteiger partial charge is 0.462 e. The molecule has 1 aliphatic rings. The van der Waals surface area contributed by atoms with Crippen molar-refractivity contribution in [2.24, 2.45) is 0 Å². The molecular formula is C25H26N4O3S2. The summed E-state index contributed by atoms with van der Waals surface area (Å²) in [5.74, 6) is -0.371. The molecule has 0 saturated carbocycles. The van der Waals surface area contributed by atoms with E-state index in [-0.39, 0.29) is 17.6 Å². The van der Waals surface area contributed by atoms with Crippen molar-refractivity contribution in [1.29, 1.82) is 0 Å². The summed E-state index contributed by atoms with van der Waals surface area (Å²) in [6.07, 6.45) is 5.10. The molecule has 34 heavy (non-hydrogen) atoms. The van der Waals surface area contributed by atoms with Gasteiger partial charge in [-0.3, -0.25) is 9.20 Å². The van der Waals surface area contributed by atoms with E-state index in [1.807, 2.05) is 29.5 Å². The monoisotopic (exact) mass is 494 g/mol. The van der Waals surface area contributed by atoms with Crippen LogP contribution in [0.5, 0.6) is 0 Å². The van der Waals surface area contributed by atoms with Crippen LogP contribution >= 0.6 is 23.1 Å². The predicted molar refractivity (Wildman–Crippen MR) is 136 cm³/mol. The summed E-state index contributed by atoms with van der Waals surface area (Å²) in [4.78, 5) is 26.9. The first-order valence-corrected chi connectivity index (χ1v) is 13.3. The molecule has 3 heterocycles. The fraction of sp³-hybridized carbons (Fsp3) is 0.360. The number of para-hydroxylation sites is 1. The van der Waals surface area contributed by atoms with Gasteiger partial charge in [-0.15, -0.1) is 21.5 Å². The molecule has 0 fully saturated rings. The van der Waals surface area contributed by atoms with Gasteiger partial charge in [0, 0.05) is 4.88 Å². The van der Waals surface area contributed by atoms with Crippen molar-refractivity contribution in [3.8, 4) is 0 Å². The first kappa shape index (κ1) is 22.9. The van der Waals surface area contributed by atoms with Crippen LogP contribution in [0.25, 0.3) is 16.6 Å². The lowest BCUT2D eigenvalue weighted by Gasteiger charge is -2.09. The summed E-state index contributed by atoms with van der Waals surface area (Å²) in [6, 6.07) is 10.2. The van der Waals surface area contributed by atoms with Crippen molar-refractivity contribution >= 4 is 56.5 Å². The number of aromatic nitrogens is 3. The second-order valence-electron chi connectivity index (χ2n) is 8.35. The van der Waals surface area contributed by atoms with Gasteiger partial charge in [0.2, 0.25) is 5.91 Å². The molecule has 176 valence electrons. The highest BCUT2D eigenvalue weighted by Crippen LogP contribution is 2.38. The van der Waals surface area contributed by atoms with Crippen molar-refractivity contribution in [1.82, 2.24) is 14.6 Å². The number of esters is 1. The van der Waals surface area contributed by atoms with Crippen molar-refractivity contribution < 1.29 is 14.3 Å². The van der Waals surface area contributed by atoms with Crippen LogP contribution in [-0.4, -0.2) is 38.8 Å². The van der Waals surface area contributed by atoms with Gasteiger partial charge < -0.3 is 10.1 Å². The number of rotatable bonds is 6. The van der Waals surface area contributed by atoms with E-state index in [0.717, 1.165) is 59.8 Å². The van der Waals surface area contributed by atoms with Gasteiger partial charge in [0.05, 0.1) is 23.4 Å². The predicted octanol–water partition coefficient (Wildman–Crippen LogP) is 5.43. The molecule has 0 unspecified atom stereocenters. The van der Waals surface area contributed by atoms with E-state index in [0.29, 0.717) is 22.3 Å². The molecule has 7 nitrogen and oxygen atoms in total. The van der Waals surface area contributed by atoms with Crippen molar-refractivity contribution in [3.63, 3.8) is 0 Å². The molecule has 0 aliphatic heterocycles. The highest BCUT2D eigenvalue weighted by atomic mass is 32.2. The van der Waals surface area contributed by atoms with Gasteiger partial charge in [-0.1, -0.05) is 36.4 Å². The zero-order valence-corrected chi connectivity index (χ0v) is 20.9. The zero-order chi connectivity index (χ0) is 23.7. The summed E-state index contributed by atoms with van der Waals surface area (Å²) in [5.41, 5.74) is 4.41. The molecule has 3 aromatic heterocycles. The summed E-state index contributed by atoms with van der Waals surface area (Å²) in [5, 5.41) is 14.0. The Kier molecular flexibility index (Phi) is 6.56. The Morgan fingerprint density at radius 2 is 2.00 bits per heavy atom. The van der Waals surface area contributed by atoms with E-state index >= 15 is 0 Å². The number of anilines is 1. The number of thiophene rings is 1. The van der Waals surface area contributed by atoms with E-state index in [4.69, 9.17) is 4.74 Å². The number of carbonyl (C=O) groups excluding carboxylic acids is 2. The van der Waals surface area contributed by atoms with Gasteiger partial charge in [0.15, 0.2) is 10.8 Å². The fourth-order valence-electron chi connectivity index (χ4n) is 4.49. The summed E-state index contributed by atoms with van der Waals surface area (Å²) in [6.45, 7) is 4.11. The standard InChI is InChI=1S/C25H26N4O3S2/c1-3-32-24(31)21-17-10-5-4-6-12-19(17)34-23(21)26-20(30)14-33-25-28-27-22-15(2)13-16-9-7-8-11-18(16)29(22)25/h7-9,11,13H,3-6,10,12,14H2,1-2H3,(H,26,30). The number of hydrogen-bond acceptors (Lipinski definition) is 7. The molecule has 1 N–H and O–H groups in total. The second-order valence-corrected chi connectivity index (χ2v) is 10.4. The minimum atomic E-state index is -0.352. The lowest BCUT2D eigenvalue weighted by Crippen LogP contribution is -2.17. The molecule has 1 aromatic carbocycles. The Morgan fingerprint density at radius 1 is 1.18 bits per heavy atom. The van der Waals surface area contributed by atoms with Gasteiger partial charge >= 0.3 is 5.97 Å².